The van der Waals surface area contributed by atoms with E-state index in [1.165, 1.54) is 0 Å². The Balaban J connectivity index is 1.85. The molecule has 0 amide bonds. The number of nitrogens with zero attached hydrogens (tertiary/aromatic N) is 6. The summed E-state index contributed by atoms with van der Waals surface area (Å²) in [5.74, 6) is 3.96. The lowest BCUT2D eigenvalue weighted by atomic mass is 10.3. The number of hydrogen-bond donors (Lipinski definition) is 0. The predicted octanol–water partition coefficient (Wildman–Crippen LogP) is 2.18. The van der Waals surface area contributed by atoms with Crippen LogP contribution in [0.5, 0.6) is 0 Å². The van der Waals surface area contributed by atoms with Crippen LogP contribution in [0.15, 0.2) is 70.7 Å². The SMILES string of the molecule is CCN1N=C2C=CC=CN2/C1=C1/N(CC)N=C2C=CC=CN21. The molecule has 0 fully saturated rings. The first-order chi connectivity index (χ1) is 10.8. The highest BCUT2D eigenvalue weighted by atomic mass is 15.7. The molecule has 0 saturated heterocycles. The third-order valence-electron chi connectivity index (χ3n) is 3.87. The smallest absolute Gasteiger partial charge is 0.179 e. The van der Waals surface area contributed by atoms with Gasteiger partial charge in [0.15, 0.2) is 23.3 Å². The summed E-state index contributed by atoms with van der Waals surface area (Å²) in [6.07, 6.45) is 16.2. The minimum Gasteiger partial charge on any atom is -0.282 e. The summed E-state index contributed by atoms with van der Waals surface area (Å²) in [6.45, 7) is 5.83. The molecule has 0 radical (unpaired) electrons. The van der Waals surface area contributed by atoms with Crippen molar-refractivity contribution in [2.75, 3.05) is 13.1 Å². The molecule has 112 valence electrons. The van der Waals surface area contributed by atoms with Crippen LogP contribution in [0, 0.1) is 0 Å². The summed E-state index contributed by atoms with van der Waals surface area (Å²) >= 11 is 0. The van der Waals surface area contributed by atoms with Crippen molar-refractivity contribution in [3.63, 3.8) is 0 Å². The van der Waals surface area contributed by atoms with Crippen molar-refractivity contribution in [1.29, 1.82) is 0 Å². The van der Waals surface area contributed by atoms with Gasteiger partial charge in [-0.15, -0.1) is 0 Å². The van der Waals surface area contributed by atoms with Gasteiger partial charge in [0.05, 0.1) is 0 Å². The Kier molecular flexibility index (Phi) is 2.89. The number of hydrogen-bond acceptors (Lipinski definition) is 6. The second kappa shape index (κ2) is 4.91. The molecule has 0 unspecified atom stereocenters. The van der Waals surface area contributed by atoms with Crippen molar-refractivity contribution >= 4 is 11.7 Å². The van der Waals surface area contributed by atoms with Crippen LogP contribution < -0.4 is 0 Å². The van der Waals surface area contributed by atoms with E-state index in [9.17, 15) is 0 Å². The summed E-state index contributed by atoms with van der Waals surface area (Å²) in [5, 5.41) is 13.4. The maximum atomic E-state index is 4.69. The lowest BCUT2D eigenvalue weighted by molar-refractivity contribution is 0.285. The van der Waals surface area contributed by atoms with Crippen LogP contribution in [0.25, 0.3) is 0 Å². The van der Waals surface area contributed by atoms with Crippen molar-refractivity contribution in [3.05, 3.63) is 60.5 Å². The van der Waals surface area contributed by atoms with Gasteiger partial charge in [-0.1, -0.05) is 12.2 Å². The van der Waals surface area contributed by atoms with Crippen LogP contribution in [0.1, 0.15) is 13.8 Å². The summed E-state index contributed by atoms with van der Waals surface area (Å²) in [6, 6.07) is 0. The molecule has 0 aliphatic carbocycles. The number of amidine groups is 2. The lowest BCUT2D eigenvalue weighted by Crippen LogP contribution is -2.34. The van der Waals surface area contributed by atoms with E-state index in [1.54, 1.807) is 0 Å². The Morgan fingerprint density at radius 2 is 1.18 bits per heavy atom. The van der Waals surface area contributed by atoms with Crippen LogP contribution in [0.2, 0.25) is 0 Å². The zero-order chi connectivity index (χ0) is 15.1. The Hall–Kier alpha value is -2.76. The van der Waals surface area contributed by atoms with Gasteiger partial charge >= 0.3 is 0 Å². The third-order valence-corrected chi connectivity index (χ3v) is 3.87. The van der Waals surface area contributed by atoms with Crippen LogP contribution in [-0.2, 0) is 0 Å². The zero-order valence-corrected chi connectivity index (χ0v) is 12.7. The quantitative estimate of drug-likeness (QED) is 0.782. The molecule has 0 aromatic rings. The number of rotatable bonds is 2. The maximum absolute atomic E-state index is 4.69. The normalized spacial score (nSPS) is 25.0. The number of fused-ring (bicyclic) bond motifs is 2. The highest BCUT2D eigenvalue weighted by Crippen LogP contribution is 2.33. The molecule has 0 aromatic heterocycles. The van der Waals surface area contributed by atoms with Gasteiger partial charge < -0.3 is 0 Å². The van der Waals surface area contributed by atoms with Gasteiger partial charge in [0.1, 0.15) is 0 Å². The molecule has 4 aliphatic heterocycles. The molecular weight excluding hydrogens is 276 g/mol. The van der Waals surface area contributed by atoms with Gasteiger partial charge in [-0.25, -0.2) is 10.0 Å². The van der Waals surface area contributed by atoms with Gasteiger partial charge in [-0.05, 0) is 38.2 Å². The van der Waals surface area contributed by atoms with E-state index in [2.05, 4.69) is 23.6 Å². The van der Waals surface area contributed by atoms with E-state index < -0.39 is 0 Å². The fraction of sp³-hybridized carbons (Fsp3) is 0.250. The fourth-order valence-electron chi connectivity index (χ4n) is 2.87. The largest absolute Gasteiger partial charge is 0.282 e. The molecular formula is C16H18N6. The van der Waals surface area contributed by atoms with Gasteiger partial charge in [0, 0.05) is 25.5 Å². The van der Waals surface area contributed by atoms with Crippen LogP contribution in [0.3, 0.4) is 0 Å². The molecule has 0 spiro atoms. The molecule has 6 nitrogen and oxygen atoms in total. The highest BCUT2D eigenvalue weighted by molar-refractivity contribution is 5.99. The molecule has 0 N–H and O–H groups in total. The van der Waals surface area contributed by atoms with E-state index >= 15 is 0 Å². The first-order valence-electron chi connectivity index (χ1n) is 7.58. The minimum atomic E-state index is 0.806. The molecule has 0 atom stereocenters. The van der Waals surface area contributed by atoms with Crippen LogP contribution >= 0.6 is 0 Å². The summed E-state index contributed by atoms with van der Waals surface area (Å²) in [4.78, 5) is 4.23. The molecule has 0 aromatic carbocycles. The Morgan fingerprint density at radius 3 is 1.59 bits per heavy atom. The van der Waals surface area contributed by atoms with Crippen molar-refractivity contribution in [1.82, 2.24) is 19.8 Å². The van der Waals surface area contributed by atoms with Gasteiger partial charge in [0.2, 0.25) is 0 Å². The van der Waals surface area contributed by atoms with Gasteiger partial charge in [0.25, 0.3) is 0 Å². The van der Waals surface area contributed by atoms with Crippen molar-refractivity contribution in [2.24, 2.45) is 10.2 Å². The van der Waals surface area contributed by atoms with E-state index in [4.69, 9.17) is 10.2 Å². The Morgan fingerprint density at radius 1 is 0.727 bits per heavy atom. The molecule has 4 heterocycles. The Labute approximate surface area is 130 Å². The zero-order valence-electron chi connectivity index (χ0n) is 12.7. The van der Waals surface area contributed by atoms with E-state index in [1.807, 2.05) is 58.9 Å². The van der Waals surface area contributed by atoms with Crippen LogP contribution in [0.4, 0.5) is 0 Å². The first kappa shape index (κ1) is 12.9. The predicted molar refractivity (Wildman–Crippen MR) is 86.9 cm³/mol. The average molecular weight is 294 g/mol. The van der Waals surface area contributed by atoms with E-state index in [0.717, 1.165) is 36.4 Å². The molecule has 0 saturated carbocycles. The number of hydrazone groups is 2. The van der Waals surface area contributed by atoms with Crippen molar-refractivity contribution in [3.8, 4) is 0 Å². The number of allylic oxidation sites excluding steroid dienone is 4. The fourth-order valence-corrected chi connectivity index (χ4v) is 2.87. The van der Waals surface area contributed by atoms with Gasteiger partial charge in [-0.3, -0.25) is 9.80 Å². The summed E-state index contributed by atoms with van der Waals surface area (Å²) in [5.41, 5.74) is 0. The average Bonchev–Trinajstić information content (AvgIpc) is 3.11. The first-order valence-corrected chi connectivity index (χ1v) is 7.58. The van der Waals surface area contributed by atoms with Crippen molar-refractivity contribution < 1.29 is 0 Å². The standard InChI is InChI=1S/C16H18N6/c1-3-21-15(19-11-7-5-9-13(19)17-21)16-20-12-8-6-10-14(20)18-22(16)4-2/h5-12H,3-4H2,1-2H3/b16-15-. The van der Waals surface area contributed by atoms with Crippen molar-refractivity contribution in [2.45, 2.75) is 13.8 Å². The lowest BCUT2D eigenvalue weighted by Gasteiger charge is -2.29. The Bertz CT molecular complexity index is 646. The summed E-state index contributed by atoms with van der Waals surface area (Å²) in [7, 11) is 0. The van der Waals surface area contributed by atoms with Gasteiger partial charge in [-0.2, -0.15) is 10.2 Å². The molecule has 4 rings (SSSR count). The molecule has 0 bridgehead atoms. The second-order valence-corrected chi connectivity index (χ2v) is 5.14. The molecule has 6 heteroatoms. The monoisotopic (exact) mass is 294 g/mol. The molecule has 22 heavy (non-hydrogen) atoms. The highest BCUT2D eigenvalue weighted by Gasteiger charge is 2.37. The summed E-state index contributed by atoms with van der Waals surface area (Å²) < 4.78 is 0. The van der Waals surface area contributed by atoms with E-state index in [-0.39, 0.29) is 0 Å². The van der Waals surface area contributed by atoms with E-state index in [0.29, 0.717) is 0 Å². The second-order valence-electron chi connectivity index (χ2n) is 5.14. The molecule has 4 aliphatic rings. The topological polar surface area (TPSA) is 37.7 Å². The maximum Gasteiger partial charge on any atom is 0.179 e. The van der Waals surface area contributed by atoms with Crippen LogP contribution in [-0.4, -0.2) is 44.6 Å². The third kappa shape index (κ3) is 1.73. The minimum absolute atomic E-state index is 0.806.